The SMILES string of the molecule is c1cc[n+]2c(c1)-c1cccc3nc4c5nc6cccc7c6[n+]6c5c5c8c4[n+](c13)C21[n+]2ccccc2-c2ccc3c(c2[n+]81)[n+]5C6([n+]1ccccc1-7)[n+]1ccccc1-3. The van der Waals surface area contributed by atoms with Crippen LogP contribution >= 0.6 is 0 Å². The minimum Gasteiger partial charge on any atom is -0.232 e. The summed E-state index contributed by atoms with van der Waals surface area (Å²) < 4.78 is 20.6. The maximum atomic E-state index is 5.71. The fourth-order valence-corrected chi connectivity index (χ4v) is 12.2. The normalized spacial score (nSPS) is 19.6. The maximum absolute atomic E-state index is 5.71. The second-order valence-corrected chi connectivity index (χ2v) is 15.9. The van der Waals surface area contributed by atoms with Crippen molar-refractivity contribution in [2.75, 3.05) is 0 Å². The molecule has 10 nitrogen and oxygen atoms in total. The van der Waals surface area contributed by atoms with Crippen LogP contribution in [0.25, 0.3) is 111 Å². The first-order chi connectivity index (χ1) is 27.8. The Morgan fingerprint density at radius 2 is 0.661 bits per heavy atom. The third-order valence-corrected chi connectivity index (χ3v) is 13.8. The van der Waals surface area contributed by atoms with E-state index in [9.17, 15) is 0 Å². The van der Waals surface area contributed by atoms with Crippen LogP contribution in [0.5, 0.6) is 0 Å². The second kappa shape index (κ2) is 7.75. The molecule has 0 amide bonds. The molecule has 7 aromatic heterocycles. The van der Waals surface area contributed by atoms with Gasteiger partial charge in [-0.3, -0.25) is 0 Å². The molecule has 11 aromatic rings. The molecule has 13 heterocycles. The Morgan fingerprint density at radius 1 is 0.304 bits per heavy atom. The van der Waals surface area contributed by atoms with E-state index in [0.29, 0.717) is 0 Å². The molecule has 0 radical (unpaired) electrons. The summed E-state index contributed by atoms with van der Waals surface area (Å²) in [4.78, 5) is 11.4. The number of pyridine rings is 4. The average molecular weight is 717 g/mol. The molecule has 0 saturated carbocycles. The molecule has 56 heavy (non-hydrogen) atoms. The number of aromatic nitrogens is 10. The maximum Gasteiger partial charge on any atom is 0.771 e. The highest BCUT2D eigenvalue weighted by atomic mass is 15.6. The van der Waals surface area contributed by atoms with Gasteiger partial charge >= 0.3 is 44.9 Å². The van der Waals surface area contributed by atoms with Gasteiger partial charge in [0.15, 0.2) is 35.8 Å². The summed E-state index contributed by atoms with van der Waals surface area (Å²) in [6.45, 7) is 0. The van der Waals surface area contributed by atoms with Crippen molar-refractivity contribution in [3.8, 4) is 45.0 Å². The Balaban J connectivity index is 1.32. The number of hydrogen-bond donors (Lipinski definition) is 0. The molecule has 250 valence electrons. The molecule has 0 N–H and O–H groups in total. The minimum atomic E-state index is -0.887. The first kappa shape index (κ1) is 26.1. The predicted octanol–water partition coefficient (Wildman–Crippen LogP) is 2.67. The standard InChI is InChI=1S/C46H24N10/c1-5-21-49-31(15-1)25-11-9-13-29-37(25)53-41-35(47-29)36-42-44-43(41)55-39-27(33-17-3-7-23-51(33)45(49,53)55)19-20-28-34-18-4-8-24-52(34)46(56(44)40(28)39)50-22-6-2-16-32(50)26-12-10-14-30(48-36)38(26)54(42)46/h1-24H/q+8. The summed E-state index contributed by atoms with van der Waals surface area (Å²) in [6, 6.07) is 44.4. The van der Waals surface area contributed by atoms with Crippen molar-refractivity contribution in [3.63, 3.8) is 0 Å². The van der Waals surface area contributed by atoms with Crippen molar-refractivity contribution < 1.29 is 36.5 Å². The predicted molar refractivity (Wildman–Crippen MR) is 199 cm³/mol. The zero-order valence-electron chi connectivity index (χ0n) is 29.3. The van der Waals surface area contributed by atoms with Gasteiger partial charge in [-0.15, -0.1) is 0 Å². The smallest absolute Gasteiger partial charge is 0.232 e. The zero-order chi connectivity index (χ0) is 35.6. The van der Waals surface area contributed by atoms with Crippen LogP contribution in [0, 0.1) is 0 Å². The fourth-order valence-electron chi connectivity index (χ4n) is 12.2. The Morgan fingerprint density at radius 3 is 1.05 bits per heavy atom. The van der Waals surface area contributed by atoms with Gasteiger partial charge in [-0.1, -0.05) is 12.1 Å². The zero-order valence-corrected chi connectivity index (χ0v) is 29.3. The van der Waals surface area contributed by atoms with Crippen LogP contribution in [0.2, 0.25) is 0 Å². The Kier molecular flexibility index (Phi) is 3.62. The van der Waals surface area contributed by atoms with Crippen molar-refractivity contribution in [3.05, 3.63) is 146 Å². The topological polar surface area (TPSA) is 56.8 Å². The van der Waals surface area contributed by atoms with E-state index in [1.807, 2.05) is 0 Å². The summed E-state index contributed by atoms with van der Waals surface area (Å²) >= 11 is 0. The van der Waals surface area contributed by atoms with E-state index in [0.717, 1.165) is 89.1 Å². The highest BCUT2D eigenvalue weighted by molar-refractivity contribution is 6.18. The summed E-state index contributed by atoms with van der Waals surface area (Å²) in [5.41, 5.74) is 22.2. The first-order valence-corrected chi connectivity index (χ1v) is 19.2. The lowest BCUT2D eigenvalue weighted by Crippen LogP contribution is -3.00. The van der Waals surface area contributed by atoms with Crippen LogP contribution in [0.1, 0.15) is 0 Å². The highest BCUT2D eigenvalue weighted by Crippen LogP contribution is 2.47. The first-order valence-electron chi connectivity index (χ1n) is 19.2. The molecule has 0 aliphatic carbocycles. The van der Waals surface area contributed by atoms with E-state index in [1.165, 1.54) is 22.2 Å². The van der Waals surface area contributed by atoms with E-state index in [2.05, 4.69) is 183 Å². The number of rotatable bonds is 0. The van der Waals surface area contributed by atoms with Crippen molar-refractivity contribution in [1.82, 2.24) is 9.97 Å². The van der Waals surface area contributed by atoms with Gasteiger partial charge < -0.3 is 0 Å². The van der Waals surface area contributed by atoms with Crippen molar-refractivity contribution in [2.45, 2.75) is 11.8 Å². The van der Waals surface area contributed by atoms with E-state index in [1.54, 1.807) is 0 Å². The molecule has 6 aliphatic heterocycles. The monoisotopic (exact) mass is 716 g/mol. The van der Waals surface area contributed by atoms with Gasteiger partial charge in [-0.05, 0) is 78.9 Å². The van der Waals surface area contributed by atoms with Crippen LogP contribution in [0.3, 0.4) is 0 Å². The van der Waals surface area contributed by atoms with E-state index in [4.69, 9.17) is 9.97 Å². The molecule has 2 spiro atoms. The van der Waals surface area contributed by atoms with Gasteiger partial charge in [0.2, 0.25) is 22.8 Å². The molecule has 10 heteroatoms. The molecule has 6 aliphatic rings. The lowest BCUT2D eigenvalue weighted by molar-refractivity contribution is -1.30. The number of para-hydroxylation sites is 2. The number of hydrogen-bond acceptors (Lipinski definition) is 2. The summed E-state index contributed by atoms with van der Waals surface area (Å²) in [6.07, 6.45) is 9.08. The Bertz CT molecular complexity index is 3710. The quantitative estimate of drug-likeness (QED) is 0.138. The third kappa shape index (κ3) is 2.17. The number of benzene rings is 4. The lowest BCUT2D eigenvalue weighted by atomic mass is 9.96. The molecule has 2 unspecified atom stereocenters. The molecular weight excluding hydrogens is 693 g/mol. The van der Waals surface area contributed by atoms with Gasteiger partial charge in [-0.25, -0.2) is 9.97 Å². The molecule has 2 atom stereocenters. The van der Waals surface area contributed by atoms with Crippen LogP contribution in [-0.4, -0.2) is 9.97 Å². The molecule has 17 rings (SSSR count). The van der Waals surface area contributed by atoms with Gasteiger partial charge in [0, 0.05) is 66.8 Å². The van der Waals surface area contributed by atoms with Crippen LogP contribution in [0.15, 0.2) is 146 Å². The van der Waals surface area contributed by atoms with Gasteiger partial charge in [0.05, 0.1) is 0 Å². The van der Waals surface area contributed by atoms with Crippen molar-refractivity contribution in [2.24, 2.45) is 0 Å². The van der Waals surface area contributed by atoms with Gasteiger partial charge in [-0.2, -0.15) is 0 Å². The average Bonchev–Trinajstić information content (AvgIpc) is 3.78. The number of fused-ring (bicyclic) bond motifs is 9. The molecular formula is C46H24N10+8. The van der Waals surface area contributed by atoms with Crippen LogP contribution in [-0.2, 0) is 11.8 Å². The molecule has 0 bridgehead atoms. The second-order valence-electron chi connectivity index (χ2n) is 15.9. The number of nitrogens with zero attached hydrogens (tertiary/aromatic N) is 10. The molecule has 4 aromatic carbocycles. The van der Waals surface area contributed by atoms with Gasteiger partial charge in [0.25, 0.3) is 11.0 Å². The minimum absolute atomic E-state index is 0.887. The Hall–Kier alpha value is -7.72. The van der Waals surface area contributed by atoms with E-state index >= 15 is 0 Å². The van der Waals surface area contributed by atoms with Gasteiger partial charge in [0.1, 0.15) is 33.3 Å². The molecule has 0 fully saturated rings. The lowest BCUT2D eigenvalue weighted by Gasteiger charge is -2.23. The summed E-state index contributed by atoms with van der Waals surface area (Å²) in [5, 5.41) is 0. The Labute approximate surface area is 314 Å². The fraction of sp³-hybridized carbons (Fsp3) is 0.0435. The summed E-state index contributed by atoms with van der Waals surface area (Å²) in [5.74, 6) is -1.77. The third-order valence-electron chi connectivity index (χ3n) is 13.8. The highest BCUT2D eigenvalue weighted by Gasteiger charge is 2.89. The summed E-state index contributed by atoms with van der Waals surface area (Å²) in [7, 11) is 0. The molecule has 0 saturated heterocycles. The van der Waals surface area contributed by atoms with Crippen LogP contribution < -0.4 is 36.5 Å². The van der Waals surface area contributed by atoms with Crippen LogP contribution in [0.4, 0.5) is 0 Å². The van der Waals surface area contributed by atoms with Crippen molar-refractivity contribution >= 4 is 66.2 Å². The largest absolute Gasteiger partial charge is 0.771 e. The van der Waals surface area contributed by atoms with E-state index in [-0.39, 0.29) is 0 Å². The van der Waals surface area contributed by atoms with Crippen molar-refractivity contribution in [1.29, 1.82) is 0 Å². The van der Waals surface area contributed by atoms with E-state index < -0.39 is 11.8 Å².